The highest BCUT2D eigenvalue weighted by Gasteiger charge is 2.17. The van der Waals surface area contributed by atoms with Gasteiger partial charge in [0.15, 0.2) is 0 Å². The predicted octanol–water partition coefficient (Wildman–Crippen LogP) is 1.80. The lowest BCUT2D eigenvalue weighted by molar-refractivity contribution is -0.156. The van der Waals surface area contributed by atoms with Gasteiger partial charge in [-0.15, -0.1) is 6.58 Å². The summed E-state index contributed by atoms with van der Waals surface area (Å²) in [5.41, 5.74) is 0. The van der Waals surface area contributed by atoms with Gasteiger partial charge in [0.25, 0.3) is 0 Å². The average Bonchev–Trinajstić information content (AvgIpc) is 2.14. The number of esters is 2. The molecule has 0 saturated carbocycles. The molecule has 0 aromatic carbocycles. The molecule has 0 aromatic heterocycles. The Morgan fingerprint density at radius 2 is 1.56 bits per heavy atom. The van der Waals surface area contributed by atoms with Gasteiger partial charge in [-0.25, -0.2) is 0 Å². The molecule has 0 amide bonds. The molecule has 5 heteroatoms. The molecule has 5 nitrogen and oxygen atoms in total. The largest absolute Gasteiger partial charge is 0.462 e. The molecular weight excluding hydrogens is 236 g/mol. The SMILES string of the molecule is C=CCC(=O)OC(C)CC(=O)OC(C)CC(C)=O. The van der Waals surface area contributed by atoms with Crippen molar-refractivity contribution < 1.29 is 23.9 Å². The van der Waals surface area contributed by atoms with Gasteiger partial charge in [0.1, 0.15) is 18.0 Å². The maximum atomic E-state index is 11.4. The van der Waals surface area contributed by atoms with Crippen molar-refractivity contribution in [2.24, 2.45) is 0 Å². The van der Waals surface area contributed by atoms with Crippen LogP contribution in [0.25, 0.3) is 0 Å². The van der Waals surface area contributed by atoms with Crippen LogP contribution < -0.4 is 0 Å². The predicted molar refractivity (Wildman–Crippen MR) is 65.8 cm³/mol. The fourth-order valence-electron chi connectivity index (χ4n) is 1.39. The lowest BCUT2D eigenvalue weighted by atomic mass is 10.2. The number of rotatable bonds is 8. The maximum Gasteiger partial charge on any atom is 0.309 e. The van der Waals surface area contributed by atoms with Crippen LogP contribution in [0, 0.1) is 0 Å². The summed E-state index contributed by atoms with van der Waals surface area (Å²) in [5, 5.41) is 0. The molecule has 0 N–H and O–H groups in total. The zero-order chi connectivity index (χ0) is 14.1. The lowest BCUT2D eigenvalue weighted by Gasteiger charge is -2.15. The minimum atomic E-state index is -0.547. The summed E-state index contributed by atoms with van der Waals surface area (Å²) in [6.45, 7) is 8.10. The molecule has 0 fully saturated rings. The van der Waals surface area contributed by atoms with Crippen LogP contribution in [0.4, 0.5) is 0 Å². The van der Waals surface area contributed by atoms with Gasteiger partial charge in [-0.05, 0) is 20.8 Å². The Morgan fingerprint density at radius 1 is 1.06 bits per heavy atom. The number of carbonyl (C=O) groups is 3. The Kier molecular flexibility index (Phi) is 7.67. The fourth-order valence-corrected chi connectivity index (χ4v) is 1.39. The standard InChI is InChI=1S/C13H20O5/c1-5-6-12(15)17-11(4)8-13(16)18-10(3)7-9(2)14/h5,10-11H,1,6-8H2,2-4H3. The number of hydrogen-bond acceptors (Lipinski definition) is 5. The molecule has 2 atom stereocenters. The Morgan fingerprint density at radius 3 is 2.06 bits per heavy atom. The van der Waals surface area contributed by atoms with Crippen molar-refractivity contribution in [2.45, 2.75) is 52.2 Å². The van der Waals surface area contributed by atoms with E-state index in [9.17, 15) is 14.4 Å². The zero-order valence-electron chi connectivity index (χ0n) is 11.1. The van der Waals surface area contributed by atoms with Crippen LogP contribution in [0.5, 0.6) is 0 Å². The topological polar surface area (TPSA) is 69.7 Å². The molecule has 0 aliphatic rings. The molecule has 0 heterocycles. The number of ether oxygens (including phenoxy) is 2. The van der Waals surface area contributed by atoms with Gasteiger partial charge in [-0.3, -0.25) is 14.4 Å². The van der Waals surface area contributed by atoms with E-state index in [1.54, 1.807) is 13.8 Å². The van der Waals surface area contributed by atoms with Crippen LogP contribution in [0.1, 0.15) is 40.0 Å². The molecule has 0 radical (unpaired) electrons. The van der Waals surface area contributed by atoms with E-state index in [1.165, 1.54) is 13.0 Å². The quantitative estimate of drug-likeness (QED) is 0.489. The average molecular weight is 256 g/mol. The molecule has 18 heavy (non-hydrogen) atoms. The second-order valence-electron chi connectivity index (χ2n) is 4.20. The van der Waals surface area contributed by atoms with Crippen LogP contribution >= 0.6 is 0 Å². The molecule has 0 aliphatic heterocycles. The van der Waals surface area contributed by atoms with Crippen LogP contribution in [-0.4, -0.2) is 29.9 Å². The first-order valence-electron chi connectivity index (χ1n) is 5.84. The fraction of sp³-hybridized carbons (Fsp3) is 0.615. The minimum Gasteiger partial charge on any atom is -0.462 e. The van der Waals surface area contributed by atoms with Crippen molar-refractivity contribution in [3.63, 3.8) is 0 Å². The van der Waals surface area contributed by atoms with Gasteiger partial charge in [-0.2, -0.15) is 0 Å². The van der Waals surface area contributed by atoms with Crippen molar-refractivity contribution in [2.75, 3.05) is 0 Å². The van der Waals surface area contributed by atoms with E-state index in [2.05, 4.69) is 6.58 Å². The molecule has 2 unspecified atom stereocenters. The molecular formula is C13H20O5. The Bertz CT molecular complexity index is 321. The van der Waals surface area contributed by atoms with Gasteiger partial charge in [0.05, 0.1) is 12.8 Å². The van der Waals surface area contributed by atoms with Gasteiger partial charge in [-0.1, -0.05) is 6.08 Å². The van der Waals surface area contributed by atoms with Crippen LogP contribution in [-0.2, 0) is 23.9 Å². The number of hydrogen-bond donors (Lipinski definition) is 0. The molecule has 0 aliphatic carbocycles. The Labute approximate surface area is 107 Å². The molecule has 0 aromatic rings. The van der Waals surface area contributed by atoms with E-state index in [-0.39, 0.29) is 25.0 Å². The third-order valence-corrected chi connectivity index (χ3v) is 2.01. The van der Waals surface area contributed by atoms with Gasteiger partial charge < -0.3 is 9.47 Å². The smallest absolute Gasteiger partial charge is 0.309 e. The highest BCUT2D eigenvalue weighted by atomic mass is 16.6. The van der Waals surface area contributed by atoms with Crippen molar-refractivity contribution in [3.8, 4) is 0 Å². The summed E-state index contributed by atoms with van der Waals surface area (Å²) < 4.78 is 9.95. The van der Waals surface area contributed by atoms with Gasteiger partial charge in [0, 0.05) is 6.42 Å². The molecule has 0 spiro atoms. The second-order valence-corrected chi connectivity index (χ2v) is 4.20. The summed E-state index contributed by atoms with van der Waals surface area (Å²) >= 11 is 0. The number of ketones is 1. The zero-order valence-corrected chi connectivity index (χ0v) is 11.1. The number of carbonyl (C=O) groups excluding carboxylic acids is 3. The van der Waals surface area contributed by atoms with E-state index in [4.69, 9.17) is 9.47 Å². The summed E-state index contributed by atoms with van der Waals surface area (Å²) in [5.74, 6) is -0.953. The molecule has 0 bridgehead atoms. The van der Waals surface area contributed by atoms with Crippen LogP contribution in [0.3, 0.4) is 0 Å². The second kappa shape index (κ2) is 8.44. The van der Waals surface area contributed by atoms with E-state index in [0.717, 1.165) is 0 Å². The highest BCUT2D eigenvalue weighted by molar-refractivity contribution is 5.77. The first-order chi connectivity index (χ1) is 8.35. The van der Waals surface area contributed by atoms with Crippen molar-refractivity contribution in [1.82, 2.24) is 0 Å². The van der Waals surface area contributed by atoms with E-state index in [1.807, 2.05) is 0 Å². The summed E-state index contributed by atoms with van der Waals surface area (Å²) in [6.07, 6.45) is 0.713. The maximum absolute atomic E-state index is 11.4. The summed E-state index contributed by atoms with van der Waals surface area (Å²) in [4.78, 5) is 33.4. The van der Waals surface area contributed by atoms with Crippen molar-refractivity contribution in [3.05, 3.63) is 12.7 Å². The minimum absolute atomic E-state index is 0.0227. The van der Waals surface area contributed by atoms with Crippen LogP contribution in [0.2, 0.25) is 0 Å². The van der Waals surface area contributed by atoms with E-state index < -0.39 is 24.1 Å². The third kappa shape index (κ3) is 8.50. The van der Waals surface area contributed by atoms with E-state index >= 15 is 0 Å². The van der Waals surface area contributed by atoms with Gasteiger partial charge in [0.2, 0.25) is 0 Å². The summed E-state index contributed by atoms with van der Waals surface area (Å²) in [7, 11) is 0. The van der Waals surface area contributed by atoms with E-state index in [0.29, 0.717) is 0 Å². The third-order valence-electron chi connectivity index (χ3n) is 2.01. The summed E-state index contributed by atoms with van der Waals surface area (Å²) in [6, 6.07) is 0. The van der Waals surface area contributed by atoms with Crippen molar-refractivity contribution >= 4 is 17.7 Å². The lowest BCUT2D eigenvalue weighted by Crippen LogP contribution is -2.23. The Hall–Kier alpha value is -1.65. The van der Waals surface area contributed by atoms with Gasteiger partial charge >= 0.3 is 11.9 Å². The highest BCUT2D eigenvalue weighted by Crippen LogP contribution is 2.05. The molecule has 102 valence electrons. The molecule has 0 saturated heterocycles. The monoisotopic (exact) mass is 256 g/mol. The van der Waals surface area contributed by atoms with Crippen LogP contribution in [0.15, 0.2) is 12.7 Å². The number of Topliss-reactive ketones (excluding diaryl/α,β-unsaturated/α-hetero) is 1. The Balaban J connectivity index is 3.96. The first-order valence-corrected chi connectivity index (χ1v) is 5.84. The van der Waals surface area contributed by atoms with Crippen molar-refractivity contribution in [1.29, 1.82) is 0 Å². The molecule has 0 rings (SSSR count). The first kappa shape index (κ1) is 16.4. The normalized spacial score (nSPS) is 13.3.